The molecule has 1 aromatic heterocycles. The van der Waals surface area contributed by atoms with Gasteiger partial charge in [0.25, 0.3) is 0 Å². The molecular formula is C16H20F2N4S. The lowest BCUT2D eigenvalue weighted by Gasteiger charge is -2.10. The van der Waals surface area contributed by atoms with Gasteiger partial charge in [0.05, 0.1) is 18.8 Å². The quantitative estimate of drug-likeness (QED) is 0.650. The van der Waals surface area contributed by atoms with Crippen molar-refractivity contribution in [3.63, 3.8) is 0 Å². The van der Waals surface area contributed by atoms with E-state index in [0.717, 1.165) is 28.9 Å². The fourth-order valence-electron chi connectivity index (χ4n) is 1.94. The van der Waals surface area contributed by atoms with Crippen LogP contribution in [0.25, 0.3) is 0 Å². The molecular weight excluding hydrogens is 318 g/mol. The van der Waals surface area contributed by atoms with E-state index in [-0.39, 0.29) is 12.1 Å². The van der Waals surface area contributed by atoms with E-state index >= 15 is 0 Å². The van der Waals surface area contributed by atoms with Crippen LogP contribution in [0.4, 0.5) is 8.78 Å². The van der Waals surface area contributed by atoms with Crippen LogP contribution >= 0.6 is 11.3 Å². The van der Waals surface area contributed by atoms with Gasteiger partial charge >= 0.3 is 0 Å². The number of benzene rings is 1. The van der Waals surface area contributed by atoms with Gasteiger partial charge in [-0.15, -0.1) is 11.3 Å². The molecule has 0 aliphatic heterocycles. The summed E-state index contributed by atoms with van der Waals surface area (Å²) in [6.07, 6.45) is 0. The molecule has 4 nitrogen and oxygen atoms in total. The first kappa shape index (κ1) is 17.3. The number of aryl methyl sites for hydroxylation is 2. The van der Waals surface area contributed by atoms with Gasteiger partial charge in [0.15, 0.2) is 5.96 Å². The number of aliphatic imine (C=N–C) groups is 1. The second-order valence-corrected chi connectivity index (χ2v) is 6.32. The van der Waals surface area contributed by atoms with Crippen molar-refractivity contribution < 1.29 is 8.78 Å². The van der Waals surface area contributed by atoms with E-state index in [0.29, 0.717) is 19.0 Å². The number of hydrogen-bond donors (Lipinski definition) is 2. The molecule has 0 fully saturated rings. The van der Waals surface area contributed by atoms with E-state index in [4.69, 9.17) is 0 Å². The molecule has 2 rings (SSSR count). The number of rotatable bonds is 5. The fourth-order valence-corrected chi connectivity index (χ4v) is 2.82. The minimum Gasteiger partial charge on any atom is -0.357 e. The molecule has 0 saturated carbocycles. The molecule has 0 unspecified atom stereocenters. The van der Waals surface area contributed by atoms with Crippen LogP contribution in [0.15, 0.2) is 23.2 Å². The zero-order chi connectivity index (χ0) is 16.8. The standard InChI is InChI=1S/C16H20F2N4S/c1-4-19-16(21-9-15-22-10(2)11(3)23-15)20-8-12-7-13(17)5-6-14(12)18/h5-7H,4,8-9H2,1-3H3,(H2,19,20,21). The third kappa shape index (κ3) is 4.99. The van der Waals surface area contributed by atoms with Crippen molar-refractivity contribution >= 4 is 17.3 Å². The number of thiazole rings is 1. The normalized spacial score (nSPS) is 11.6. The van der Waals surface area contributed by atoms with Gasteiger partial charge in [-0.05, 0) is 39.0 Å². The van der Waals surface area contributed by atoms with E-state index in [2.05, 4.69) is 20.6 Å². The second-order valence-electron chi connectivity index (χ2n) is 5.03. The first-order valence-corrected chi connectivity index (χ1v) is 8.20. The van der Waals surface area contributed by atoms with Crippen molar-refractivity contribution in [2.75, 3.05) is 6.54 Å². The summed E-state index contributed by atoms with van der Waals surface area (Å²) in [4.78, 5) is 9.93. The largest absolute Gasteiger partial charge is 0.357 e. The Kier molecular flexibility index (Phi) is 6.04. The SMILES string of the molecule is CCNC(=NCc1cc(F)ccc1F)NCc1nc(C)c(C)s1. The lowest BCUT2D eigenvalue weighted by molar-refractivity contribution is 0.585. The van der Waals surface area contributed by atoms with Gasteiger partial charge in [-0.1, -0.05) is 0 Å². The molecule has 1 heterocycles. The van der Waals surface area contributed by atoms with Gasteiger partial charge < -0.3 is 10.6 Å². The minimum atomic E-state index is -0.469. The number of nitrogens with zero attached hydrogens (tertiary/aromatic N) is 2. The Morgan fingerprint density at radius 3 is 2.70 bits per heavy atom. The van der Waals surface area contributed by atoms with E-state index < -0.39 is 11.6 Å². The van der Waals surface area contributed by atoms with Crippen LogP contribution in [-0.4, -0.2) is 17.5 Å². The summed E-state index contributed by atoms with van der Waals surface area (Å²) in [5, 5.41) is 7.19. The zero-order valence-corrected chi connectivity index (χ0v) is 14.2. The molecule has 0 aliphatic carbocycles. The molecule has 0 spiro atoms. The first-order chi connectivity index (χ1) is 11.0. The number of guanidine groups is 1. The Bertz CT molecular complexity index is 678. The van der Waals surface area contributed by atoms with Crippen molar-refractivity contribution in [3.05, 3.63) is 51.0 Å². The number of hydrogen-bond acceptors (Lipinski definition) is 3. The average molecular weight is 338 g/mol. The van der Waals surface area contributed by atoms with Crippen molar-refractivity contribution in [2.45, 2.75) is 33.9 Å². The van der Waals surface area contributed by atoms with Crippen LogP contribution in [0.3, 0.4) is 0 Å². The van der Waals surface area contributed by atoms with Crippen LogP contribution in [0.1, 0.15) is 28.1 Å². The molecule has 0 atom stereocenters. The van der Waals surface area contributed by atoms with Gasteiger partial charge in [-0.25, -0.2) is 18.8 Å². The Labute approximate surface area is 138 Å². The highest BCUT2D eigenvalue weighted by Gasteiger charge is 2.06. The summed E-state index contributed by atoms with van der Waals surface area (Å²) >= 11 is 1.63. The maximum absolute atomic E-state index is 13.6. The highest BCUT2D eigenvalue weighted by Crippen LogP contribution is 2.16. The molecule has 0 radical (unpaired) electrons. The summed E-state index contributed by atoms with van der Waals surface area (Å²) in [5.74, 6) is -0.387. The number of nitrogens with one attached hydrogen (secondary N) is 2. The smallest absolute Gasteiger partial charge is 0.191 e. The fraction of sp³-hybridized carbons (Fsp3) is 0.375. The summed E-state index contributed by atoms with van der Waals surface area (Å²) in [7, 11) is 0. The van der Waals surface area contributed by atoms with Crippen LogP contribution < -0.4 is 10.6 Å². The number of halogens is 2. The summed E-state index contributed by atoms with van der Waals surface area (Å²) < 4.78 is 26.8. The minimum absolute atomic E-state index is 0.0643. The lowest BCUT2D eigenvalue weighted by atomic mass is 10.2. The van der Waals surface area contributed by atoms with Crippen LogP contribution in [-0.2, 0) is 13.1 Å². The monoisotopic (exact) mass is 338 g/mol. The summed E-state index contributed by atoms with van der Waals surface area (Å²) in [5.41, 5.74) is 1.25. The summed E-state index contributed by atoms with van der Waals surface area (Å²) in [6.45, 7) is 7.22. The van der Waals surface area contributed by atoms with E-state index in [9.17, 15) is 8.78 Å². The van der Waals surface area contributed by atoms with Crippen molar-refractivity contribution in [2.24, 2.45) is 4.99 Å². The second kappa shape index (κ2) is 8.01. The zero-order valence-electron chi connectivity index (χ0n) is 13.4. The lowest BCUT2D eigenvalue weighted by Crippen LogP contribution is -2.36. The third-order valence-electron chi connectivity index (χ3n) is 3.24. The summed E-state index contributed by atoms with van der Waals surface area (Å²) in [6, 6.07) is 3.37. The van der Waals surface area contributed by atoms with Crippen molar-refractivity contribution in [1.82, 2.24) is 15.6 Å². The van der Waals surface area contributed by atoms with Crippen molar-refractivity contribution in [1.29, 1.82) is 0 Å². The molecule has 2 aromatic rings. The molecule has 1 aromatic carbocycles. The Hall–Kier alpha value is -2.02. The maximum atomic E-state index is 13.6. The molecule has 0 amide bonds. The highest BCUT2D eigenvalue weighted by molar-refractivity contribution is 7.11. The molecule has 0 bridgehead atoms. The van der Waals surface area contributed by atoms with Gasteiger partial charge in [0.2, 0.25) is 0 Å². The predicted molar refractivity (Wildman–Crippen MR) is 89.6 cm³/mol. The maximum Gasteiger partial charge on any atom is 0.191 e. The van der Waals surface area contributed by atoms with Gasteiger partial charge in [-0.2, -0.15) is 0 Å². The predicted octanol–water partition coefficient (Wildman–Crippen LogP) is 3.29. The van der Waals surface area contributed by atoms with Gasteiger partial charge in [0, 0.05) is 17.0 Å². The topological polar surface area (TPSA) is 49.3 Å². The molecule has 7 heteroatoms. The van der Waals surface area contributed by atoms with E-state index in [1.54, 1.807) is 11.3 Å². The Morgan fingerprint density at radius 1 is 1.26 bits per heavy atom. The average Bonchev–Trinajstić information content (AvgIpc) is 2.84. The van der Waals surface area contributed by atoms with Crippen molar-refractivity contribution in [3.8, 4) is 0 Å². The molecule has 0 saturated heterocycles. The van der Waals surface area contributed by atoms with Crippen LogP contribution in [0, 0.1) is 25.5 Å². The van der Waals surface area contributed by atoms with Gasteiger partial charge in [-0.3, -0.25) is 0 Å². The molecule has 0 aliphatic rings. The Balaban J connectivity index is 2.03. The highest BCUT2D eigenvalue weighted by atomic mass is 32.1. The Morgan fingerprint density at radius 2 is 2.04 bits per heavy atom. The molecule has 23 heavy (non-hydrogen) atoms. The third-order valence-corrected chi connectivity index (χ3v) is 4.31. The van der Waals surface area contributed by atoms with E-state index in [1.807, 2.05) is 20.8 Å². The number of aromatic nitrogens is 1. The van der Waals surface area contributed by atoms with Crippen LogP contribution in [0.2, 0.25) is 0 Å². The first-order valence-electron chi connectivity index (χ1n) is 7.38. The van der Waals surface area contributed by atoms with E-state index in [1.165, 1.54) is 4.88 Å². The van der Waals surface area contributed by atoms with Crippen LogP contribution in [0.5, 0.6) is 0 Å². The molecule has 124 valence electrons. The van der Waals surface area contributed by atoms with Gasteiger partial charge in [0.1, 0.15) is 16.6 Å². The molecule has 2 N–H and O–H groups in total.